The molecule has 6 heteroatoms. The molecule has 1 rings (SSSR count). The molecule has 112 valence electrons. The minimum Gasteiger partial charge on any atom is -0.478 e. The normalized spacial score (nSPS) is 11.6. The van der Waals surface area contributed by atoms with Crippen molar-refractivity contribution >= 4 is 23.4 Å². The summed E-state index contributed by atoms with van der Waals surface area (Å²) in [6.45, 7) is 3.87. The molecule has 0 aliphatic rings. The van der Waals surface area contributed by atoms with Gasteiger partial charge in [0, 0.05) is 49.7 Å². The topological polar surface area (TPSA) is 59.0 Å². The number of hydrogen-bond donors (Lipinski definition) is 1. The summed E-state index contributed by atoms with van der Waals surface area (Å²) in [5, 5.41) is 8.60. The Labute approximate surface area is 123 Å². The van der Waals surface area contributed by atoms with Crippen molar-refractivity contribution in [2.24, 2.45) is 0 Å². The summed E-state index contributed by atoms with van der Waals surface area (Å²) < 4.78 is 10.2. The fraction of sp³-hybridized carbons (Fsp3) is 0.500. The number of nitrogens with zero attached hydrogens (tertiary/aromatic N) is 1. The average Bonchev–Trinajstić information content (AvgIpc) is 2.87. The Morgan fingerprint density at radius 2 is 1.95 bits per heavy atom. The number of carboxylic acids is 1. The van der Waals surface area contributed by atoms with Gasteiger partial charge in [-0.25, -0.2) is 4.79 Å². The van der Waals surface area contributed by atoms with Gasteiger partial charge in [-0.05, 0) is 18.2 Å². The summed E-state index contributed by atoms with van der Waals surface area (Å²) in [7, 11) is 3.38. The lowest BCUT2D eigenvalue weighted by atomic mass is 10.3. The van der Waals surface area contributed by atoms with Crippen LogP contribution in [0, 0.1) is 0 Å². The highest BCUT2D eigenvalue weighted by Gasteiger charge is 2.07. The van der Waals surface area contributed by atoms with E-state index in [-0.39, 0.29) is 0 Å². The Bertz CT molecular complexity index is 423. The van der Waals surface area contributed by atoms with Gasteiger partial charge in [0.05, 0.1) is 13.2 Å². The van der Waals surface area contributed by atoms with Crippen LogP contribution in [0.1, 0.15) is 9.75 Å². The van der Waals surface area contributed by atoms with Crippen LogP contribution in [0.3, 0.4) is 0 Å². The van der Waals surface area contributed by atoms with E-state index >= 15 is 0 Å². The molecule has 0 atom stereocenters. The molecule has 5 nitrogen and oxygen atoms in total. The number of carbonyl (C=O) groups is 1. The van der Waals surface area contributed by atoms with Crippen molar-refractivity contribution in [1.82, 2.24) is 4.90 Å². The summed E-state index contributed by atoms with van der Waals surface area (Å²) in [4.78, 5) is 14.9. The number of aliphatic carboxylic acids is 1. The van der Waals surface area contributed by atoms with Crippen molar-refractivity contribution in [3.8, 4) is 0 Å². The van der Waals surface area contributed by atoms with E-state index in [4.69, 9.17) is 14.6 Å². The lowest BCUT2D eigenvalue weighted by Gasteiger charge is -2.20. The van der Waals surface area contributed by atoms with Crippen molar-refractivity contribution in [1.29, 1.82) is 0 Å². The van der Waals surface area contributed by atoms with Crippen LogP contribution in [0.25, 0.3) is 6.08 Å². The van der Waals surface area contributed by atoms with Crippen molar-refractivity contribution in [3.63, 3.8) is 0 Å². The van der Waals surface area contributed by atoms with E-state index < -0.39 is 5.97 Å². The molecule has 0 bridgehead atoms. The standard InChI is InChI=1S/C14H21NO4S/c1-18-9-7-15(8-10-19-2)11-13-4-3-12(20-13)5-6-14(16)17/h3-6H,7-11H2,1-2H3,(H,16,17). The van der Waals surface area contributed by atoms with Gasteiger partial charge in [-0.3, -0.25) is 4.90 Å². The van der Waals surface area contributed by atoms with Crippen LogP contribution in [-0.2, 0) is 20.8 Å². The van der Waals surface area contributed by atoms with Crippen molar-refractivity contribution in [2.75, 3.05) is 40.5 Å². The molecule has 0 aromatic carbocycles. The predicted octanol–water partition coefficient (Wildman–Crippen LogP) is 1.94. The average molecular weight is 299 g/mol. The van der Waals surface area contributed by atoms with Crippen LogP contribution in [0.15, 0.2) is 18.2 Å². The van der Waals surface area contributed by atoms with E-state index in [9.17, 15) is 4.79 Å². The van der Waals surface area contributed by atoms with Gasteiger partial charge in [-0.1, -0.05) is 0 Å². The van der Waals surface area contributed by atoms with E-state index in [1.165, 1.54) is 4.88 Å². The number of methoxy groups -OCH3 is 2. The Morgan fingerprint density at radius 1 is 1.30 bits per heavy atom. The fourth-order valence-electron chi connectivity index (χ4n) is 1.65. The molecule has 0 aliphatic heterocycles. The summed E-state index contributed by atoms with van der Waals surface area (Å²) >= 11 is 1.60. The third-order valence-corrected chi connectivity index (χ3v) is 3.71. The smallest absolute Gasteiger partial charge is 0.328 e. The van der Waals surface area contributed by atoms with Crippen LogP contribution in [0.5, 0.6) is 0 Å². The van der Waals surface area contributed by atoms with Crippen LogP contribution < -0.4 is 0 Å². The van der Waals surface area contributed by atoms with Gasteiger partial charge in [0.15, 0.2) is 0 Å². The highest BCUT2D eigenvalue weighted by atomic mass is 32.1. The molecule has 20 heavy (non-hydrogen) atoms. The maximum atomic E-state index is 10.5. The zero-order valence-electron chi connectivity index (χ0n) is 11.9. The molecule has 1 N–H and O–H groups in total. The predicted molar refractivity (Wildman–Crippen MR) is 80.0 cm³/mol. The molecule has 1 aromatic rings. The fourth-order valence-corrected chi connectivity index (χ4v) is 2.61. The zero-order valence-corrected chi connectivity index (χ0v) is 12.7. The molecule has 0 fully saturated rings. The molecular weight excluding hydrogens is 278 g/mol. The van der Waals surface area contributed by atoms with Crippen molar-refractivity contribution in [3.05, 3.63) is 28.0 Å². The summed E-state index contributed by atoms with van der Waals surface area (Å²) in [6, 6.07) is 3.96. The van der Waals surface area contributed by atoms with Gasteiger partial charge >= 0.3 is 5.97 Å². The zero-order chi connectivity index (χ0) is 14.8. The lowest BCUT2D eigenvalue weighted by Crippen LogP contribution is -2.29. The third kappa shape index (κ3) is 6.81. The van der Waals surface area contributed by atoms with Gasteiger partial charge in [-0.15, -0.1) is 11.3 Å². The Kier molecular flexibility index (Phi) is 8.13. The molecule has 0 spiro atoms. The highest BCUT2D eigenvalue weighted by molar-refractivity contribution is 7.12. The van der Waals surface area contributed by atoms with Gasteiger partial charge in [0.2, 0.25) is 0 Å². The summed E-state index contributed by atoms with van der Waals surface area (Å²) in [5.41, 5.74) is 0. The Balaban J connectivity index is 2.56. The molecule has 0 amide bonds. The Morgan fingerprint density at radius 3 is 2.50 bits per heavy atom. The van der Waals surface area contributed by atoms with E-state index in [1.807, 2.05) is 12.1 Å². The van der Waals surface area contributed by atoms with E-state index in [0.717, 1.165) is 30.6 Å². The number of hydrogen-bond acceptors (Lipinski definition) is 5. The first-order valence-electron chi connectivity index (χ1n) is 6.35. The van der Waals surface area contributed by atoms with Gasteiger partial charge in [-0.2, -0.15) is 0 Å². The molecule has 0 unspecified atom stereocenters. The SMILES string of the molecule is COCCN(CCOC)Cc1ccc(C=CC(=O)O)s1. The highest BCUT2D eigenvalue weighted by Crippen LogP contribution is 2.19. The first-order valence-corrected chi connectivity index (χ1v) is 7.17. The largest absolute Gasteiger partial charge is 0.478 e. The van der Waals surface area contributed by atoms with Crippen LogP contribution in [0.2, 0.25) is 0 Å². The monoisotopic (exact) mass is 299 g/mol. The minimum atomic E-state index is -0.929. The van der Waals surface area contributed by atoms with E-state index in [0.29, 0.717) is 13.2 Å². The second kappa shape index (κ2) is 9.66. The minimum absolute atomic E-state index is 0.681. The first-order chi connectivity index (χ1) is 9.65. The molecule has 0 saturated carbocycles. The maximum Gasteiger partial charge on any atom is 0.328 e. The van der Waals surface area contributed by atoms with Crippen molar-refractivity contribution in [2.45, 2.75) is 6.54 Å². The van der Waals surface area contributed by atoms with Gasteiger partial charge in [0.25, 0.3) is 0 Å². The molecule has 0 saturated heterocycles. The summed E-state index contributed by atoms with van der Waals surface area (Å²) in [5.74, 6) is -0.929. The number of carboxylic acid groups (broad SMARTS) is 1. The second-order valence-electron chi connectivity index (χ2n) is 4.24. The molecular formula is C14H21NO4S. The first kappa shape index (κ1) is 16.8. The third-order valence-electron chi connectivity index (χ3n) is 2.68. The number of rotatable bonds is 10. The molecule has 0 aliphatic carbocycles. The molecule has 0 radical (unpaired) electrons. The lowest BCUT2D eigenvalue weighted by molar-refractivity contribution is -0.131. The summed E-state index contributed by atoms with van der Waals surface area (Å²) in [6.07, 6.45) is 2.77. The van der Waals surface area contributed by atoms with Crippen LogP contribution in [0.4, 0.5) is 0 Å². The van der Waals surface area contributed by atoms with Crippen LogP contribution in [-0.4, -0.2) is 56.5 Å². The van der Waals surface area contributed by atoms with Gasteiger partial charge in [0.1, 0.15) is 0 Å². The number of thiophene rings is 1. The maximum absolute atomic E-state index is 10.5. The second-order valence-corrected chi connectivity index (χ2v) is 5.44. The van der Waals surface area contributed by atoms with E-state index in [2.05, 4.69) is 4.90 Å². The van der Waals surface area contributed by atoms with Gasteiger partial charge < -0.3 is 14.6 Å². The molecule has 1 heterocycles. The number of ether oxygens (including phenoxy) is 2. The van der Waals surface area contributed by atoms with E-state index in [1.54, 1.807) is 31.6 Å². The molecule has 1 aromatic heterocycles. The quantitative estimate of drug-likeness (QED) is 0.669. The van der Waals surface area contributed by atoms with Crippen molar-refractivity contribution < 1.29 is 19.4 Å². The van der Waals surface area contributed by atoms with Crippen LogP contribution >= 0.6 is 11.3 Å². The Hall–Kier alpha value is -1.21.